The molecule has 2 aromatic carbocycles. The van der Waals surface area contributed by atoms with Crippen molar-refractivity contribution in [3.63, 3.8) is 0 Å². The van der Waals surface area contributed by atoms with Crippen LogP contribution in [-0.4, -0.2) is 37.6 Å². The maximum Gasteiger partial charge on any atom is 0.446 e. The van der Waals surface area contributed by atoms with Crippen molar-refractivity contribution in [1.29, 1.82) is 0 Å². The van der Waals surface area contributed by atoms with Crippen LogP contribution in [0.2, 0.25) is 0 Å². The van der Waals surface area contributed by atoms with Gasteiger partial charge in [0.2, 0.25) is 0 Å². The highest BCUT2D eigenvalue weighted by Gasteiger charge is 2.29. The molecule has 0 saturated heterocycles. The monoisotopic (exact) mass is 413 g/mol. The van der Waals surface area contributed by atoms with Crippen molar-refractivity contribution in [2.45, 2.75) is 10.4 Å². The molecule has 1 N–H and O–H groups in total. The number of anilines is 1. The molecule has 6 nitrogen and oxygen atoms in total. The first-order valence-corrected chi connectivity index (χ1v) is 8.43. The molecule has 0 aromatic heterocycles. The van der Waals surface area contributed by atoms with Crippen LogP contribution >= 0.6 is 11.8 Å². The van der Waals surface area contributed by atoms with E-state index in [9.17, 15) is 27.6 Å². The minimum Gasteiger partial charge on any atom is -0.465 e. The average molecular weight is 413 g/mol. The van der Waals surface area contributed by atoms with Gasteiger partial charge in [-0.3, -0.25) is 4.79 Å². The van der Waals surface area contributed by atoms with Crippen LogP contribution in [0.25, 0.3) is 0 Å². The molecular weight excluding hydrogens is 399 g/mol. The molecule has 0 aliphatic heterocycles. The lowest BCUT2D eigenvalue weighted by Crippen LogP contribution is -2.14. The topological polar surface area (TPSA) is 81.7 Å². The zero-order valence-corrected chi connectivity index (χ0v) is 15.4. The number of ether oxygens (including phenoxy) is 2. The molecule has 2 rings (SSSR count). The Morgan fingerprint density at radius 2 is 1.36 bits per heavy atom. The summed E-state index contributed by atoms with van der Waals surface area (Å²) in [6.07, 6.45) is 0. The summed E-state index contributed by atoms with van der Waals surface area (Å²) in [7, 11) is 2.32. The maximum absolute atomic E-state index is 12.4. The Hall–Kier alpha value is -3.01. The Bertz CT molecular complexity index is 863. The van der Waals surface area contributed by atoms with E-state index in [4.69, 9.17) is 0 Å². The van der Waals surface area contributed by atoms with Crippen molar-refractivity contribution in [2.75, 3.05) is 19.5 Å². The molecule has 0 aliphatic carbocycles. The minimum absolute atomic E-state index is 0.0117. The number of esters is 2. The van der Waals surface area contributed by atoms with Gasteiger partial charge in [0.25, 0.3) is 5.91 Å². The van der Waals surface area contributed by atoms with Crippen LogP contribution in [0.3, 0.4) is 0 Å². The van der Waals surface area contributed by atoms with Crippen LogP contribution in [0.15, 0.2) is 47.4 Å². The number of alkyl halides is 3. The van der Waals surface area contributed by atoms with Crippen LogP contribution in [-0.2, 0) is 9.47 Å². The van der Waals surface area contributed by atoms with Crippen LogP contribution in [0.4, 0.5) is 18.9 Å². The van der Waals surface area contributed by atoms with Crippen molar-refractivity contribution in [2.24, 2.45) is 0 Å². The molecule has 28 heavy (non-hydrogen) atoms. The van der Waals surface area contributed by atoms with Gasteiger partial charge in [-0.15, -0.1) is 0 Å². The Labute approximate surface area is 162 Å². The summed E-state index contributed by atoms with van der Waals surface area (Å²) < 4.78 is 46.3. The van der Waals surface area contributed by atoms with Gasteiger partial charge in [-0.05, 0) is 54.2 Å². The summed E-state index contributed by atoms with van der Waals surface area (Å²) in [6.45, 7) is 0. The third kappa shape index (κ3) is 5.74. The van der Waals surface area contributed by atoms with E-state index in [1.165, 1.54) is 30.3 Å². The third-order valence-corrected chi connectivity index (χ3v) is 4.12. The second-order valence-corrected chi connectivity index (χ2v) is 6.45. The summed E-state index contributed by atoms with van der Waals surface area (Å²) >= 11 is -0.294. The van der Waals surface area contributed by atoms with Gasteiger partial charge >= 0.3 is 17.4 Å². The number of carbonyl (C=O) groups is 3. The predicted octanol–water partition coefficient (Wildman–Crippen LogP) is 4.12. The van der Waals surface area contributed by atoms with Gasteiger partial charge in [0.05, 0.1) is 25.3 Å². The molecule has 0 saturated carbocycles. The van der Waals surface area contributed by atoms with Gasteiger partial charge < -0.3 is 14.8 Å². The van der Waals surface area contributed by atoms with E-state index in [1.807, 2.05) is 0 Å². The highest BCUT2D eigenvalue weighted by molar-refractivity contribution is 8.00. The first kappa shape index (κ1) is 21.3. The fourth-order valence-corrected chi connectivity index (χ4v) is 2.72. The highest BCUT2D eigenvalue weighted by Crippen LogP contribution is 2.36. The molecule has 1 amide bonds. The molecule has 0 spiro atoms. The summed E-state index contributed by atoms with van der Waals surface area (Å²) in [5, 5.41) is 2.48. The van der Waals surface area contributed by atoms with E-state index < -0.39 is 23.4 Å². The molecule has 0 unspecified atom stereocenters. The van der Waals surface area contributed by atoms with Crippen LogP contribution in [0.1, 0.15) is 31.1 Å². The highest BCUT2D eigenvalue weighted by atomic mass is 32.2. The smallest absolute Gasteiger partial charge is 0.446 e. The summed E-state index contributed by atoms with van der Waals surface area (Å²) in [5.41, 5.74) is -4.20. The zero-order chi connectivity index (χ0) is 20.9. The average Bonchev–Trinajstić information content (AvgIpc) is 2.65. The van der Waals surface area contributed by atoms with Gasteiger partial charge in [-0.25, -0.2) is 9.59 Å². The maximum atomic E-state index is 12.4. The molecule has 0 bridgehead atoms. The second kappa shape index (κ2) is 8.79. The predicted molar refractivity (Wildman–Crippen MR) is 95.4 cm³/mol. The molecule has 0 heterocycles. The number of methoxy groups -OCH3 is 2. The number of carbonyl (C=O) groups excluding carboxylic acids is 3. The van der Waals surface area contributed by atoms with E-state index in [2.05, 4.69) is 14.8 Å². The summed E-state index contributed by atoms with van der Waals surface area (Å²) in [6, 6.07) is 8.63. The van der Waals surface area contributed by atoms with Crippen molar-refractivity contribution in [1.82, 2.24) is 0 Å². The van der Waals surface area contributed by atoms with Crippen molar-refractivity contribution in [3.8, 4) is 0 Å². The second-order valence-electron chi connectivity index (χ2n) is 5.31. The van der Waals surface area contributed by atoms with Crippen LogP contribution in [0.5, 0.6) is 0 Å². The number of rotatable bonds is 5. The molecule has 2 aromatic rings. The van der Waals surface area contributed by atoms with Gasteiger partial charge in [0, 0.05) is 16.1 Å². The molecule has 0 radical (unpaired) electrons. The number of amides is 1. The first-order valence-electron chi connectivity index (χ1n) is 7.62. The number of benzene rings is 2. The molecule has 0 aliphatic rings. The summed E-state index contributed by atoms with van der Waals surface area (Å²) in [4.78, 5) is 35.8. The SMILES string of the molecule is COC(=O)c1cc(NC(=O)c2ccc(SC(F)(F)F)cc2)cc(C(=O)OC)c1. The largest absolute Gasteiger partial charge is 0.465 e. The Kier molecular flexibility index (Phi) is 6.68. The molecule has 10 heteroatoms. The van der Waals surface area contributed by atoms with Crippen molar-refractivity contribution < 1.29 is 37.0 Å². The lowest BCUT2D eigenvalue weighted by molar-refractivity contribution is -0.0328. The van der Waals surface area contributed by atoms with E-state index in [0.29, 0.717) is 0 Å². The zero-order valence-electron chi connectivity index (χ0n) is 14.6. The number of halogens is 3. The van der Waals surface area contributed by atoms with E-state index >= 15 is 0 Å². The standard InChI is InChI=1S/C18H14F3NO5S/c1-26-16(24)11-7-12(17(25)27-2)9-13(8-11)22-15(23)10-3-5-14(6-4-10)28-18(19,20)21/h3-9H,1-2H3,(H,22,23). The fraction of sp³-hybridized carbons (Fsp3) is 0.167. The number of nitrogens with one attached hydrogen (secondary N) is 1. The normalized spacial score (nSPS) is 10.9. The third-order valence-electron chi connectivity index (χ3n) is 3.38. The van der Waals surface area contributed by atoms with Gasteiger partial charge in [-0.2, -0.15) is 13.2 Å². The Balaban J connectivity index is 2.25. The van der Waals surface area contributed by atoms with Gasteiger partial charge in [-0.1, -0.05) is 0 Å². The first-order chi connectivity index (χ1) is 13.1. The quantitative estimate of drug-likeness (QED) is 0.587. The van der Waals surface area contributed by atoms with E-state index in [-0.39, 0.29) is 39.0 Å². The molecular formula is C18H14F3NO5S. The Morgan fingerprint density at radius 3 is 1.79 bits per heavy atom. The van der Waals surface area contributed by atoms with E-state index in [1.54, 1.807) is 0 Å². The van der Waals surface area contributed by atoms with Crippen molar-refractivity contribution in [3.05, 3.63) is 59.2 Å². The van der Waals surface area contributed by atoms with Gasteiger partial charge in [0.15, 0.2) is 0 Å². The van der Waals surface area contributed by atoms with Crippen molar-refractivity contribution >= 4 is 35.3 Å². The Morgan fingerprint density at radius 1 is 0.857 bits per heavy atom. The number of hydrogen-bond acceptors (Lipinski definition) is 6. The fourth-order valence-electron chi connectivity index (χ4n) is 2.18. The summed E-state index contributed by atoms with van der Waals surface area (Å²) in [5.74, 6) is -2.09. The lowest BCUT2D eigenvalue weighted by atomic mass is 10.1. The lowest BCUT2D eigenvalue weighted by Gasteiger charge is -2.10. The van der Waals surface area contributed by atoms with Gasteiger partial charge in [0.1, 0.15) is 0 Å². The van der Waals surface area contributed by atoms with E-state index in [0.717, 1.165) is 26.4 Å². The minimum atomic E-state index is -4.43. The molecule has 0 fully saturated rings. The van der Waals surface area contributed by atoms with Crippen LogP contribution < -0.4 is 5.32 Å². The molecule has 148 valence electrons. The molecule has 0 atom stereocenters. The number of hydrogen-bond donors (Lipinski definition) is 1. The van der Waals surface area contributed by atoms with Crippen LogP contribution in [0, 0.1) is 0 Å². The number of thioether (sulfide) groups is 1.